The summed E-state index contributed by atoms with van der Waals surface area (Å²) in [5, 5.41) is 3.23. The van der Waals surface area contributed by atoms with Crippen LogP contribution in [0.15, 0.2) is 36.4 Å². The number of para-hydroxylation sites is 1. The van der Waals surface area contributed by atoms with E-state index in [9.17, 15) is 4.79 Å². The van der Waals surface area contributed by atoms with Gasteiger partial charge in [-0.2, -0.15) is 0 Å². The maximum absolute atomic E-state index is 12.4. The molecule has 0 saturated heterocycles. The highest BCUT2D eigenvalue weighted by molar-refractivity contribution is 6.32. The predicted octanol–water partition coefficient (Wildman–Crippen LogP) is 4.17. The first-order valence-electron chi connectivity index (χ1n) is 6.91. The van der Waals surface area contributed by atoms with Crippen molar-refractivity contribution in [1.29, 1.82) is 0 Å². The van der Waals surface area contributed by atoms with Crippen LogP contribution in [-0.4, -0.2) is 20.1 Å². The number of anilines is 1. The number of carbonyl (C=O) groups excluding carboxylic acids is 1. The molecule has 0 heterocycles. The van der Waals surface area contributed by atoms with E-state index in [1.54, 1.807) is 12.1 Å². The van der Waals surface area contributed by atoms with Gasteiger partial charge in [-0.3, -0.25) is 4.79 Å². The number of hydrogen-bond acceptors (Lipinski definition) is 3. The molecular weight excluding hydrogens is 302 g/mol. The third-order valence-corrected chi connectivity index (χ3v) is 3.62. The summed E-state index contributed by atoms with van der Waals surface area (Å²) in [4.78, 5) is 12.4. The van der Waals surface area contributed by atoms with E-state index in [2.05, 4.69) is 5.32 Å². The summed E-state index contributed by atoms with van der Waals surface area (Å²) in [6, 6.07) is 10.9. The van der Waals surface area contributed by atoms with Crippen molar-refractivity contribution in [2.45, 2.75) is 13.3 Å². The van der Waals surface area contributed by atoms with Gasteiger partial charge in [-0.15, -0.1) is 0 Å². The molecule has 5 heteroatoms. The van der Waals surface area contributed by atoms with Crippen LogP contribution in [0.1, 0.15) is 22.8 Å². The Bertz CT molecular complexity index is 686. The predicted molar refractivity (Wildman–Crippen MR) is 88.3 cm³/mol. The maximum Gasteiger partial charge on any atom is 0.255 e. The van der Waals surface area contributed by atoms with Gasteiger partial charge < -0.3 is 14.8 Å². The number of hydrogen-bond donors (Lipinski definition) is 1. The molecule has 0 aliphatic carbocycles. The van der Waals surface area contributed by atoms with E-state index in [1.807, 2.05) is 31.2 Å². The fourth-order valence-corrected chi connectivity index (χ4v) is 2.48. The first-order chi connectivity index (χ1) is 10.6. The molecular formula is C17H18ClNO3. The summed E-state index contributed by atoms with van der Waals surface area (Å²) in [6.07, 6.45) is 0.836. The van der Waals surface area contributed by atoms with Crippen LogP contribution in [0, 0.1) is 0 Å². The van der Waals surface area contributed by atoms with Crippen LogP contribution in [0.3, 0.4) is 0 Å². The second kappa shape index (κ2) is 7.18. The van der Waals surface area contributed by atoms with Gasteiger partial charge in [-0.05, 0) is 30.2 Å². The van der Waals surface area contributed by atoms with Crippen LogP contribution < -0.4 is 14.8 Å². The number of amides is 1. The zero-order valence-corrected chi connectivity index (χ0v) is 13.5. The fraction of sp³-hybridized carbons (Fsp3) is 0.235. The van der Waals surface area contributed by atoms with E-state index in [0.29, 0.717) is 22.1 Å². The van der Waals surface area contributed by atoms with E-state index in [-0.39, 0.29) is 5.91 Å². The lowest BCUT2D eigenvalue weighted by Gasteiger charge is -2.13. The zero-order chi connectivity index (χ0) is 16.1. The standard InChI is InChI=1S/C17H18ClNO3/c1-4-11-7-5-6-8-14(11)19-17(20)12-9-13(18)16(22-3)15(10-12)21-2/h5-10H,4H2,1-3H3,(H,19,20). The van der Waals surface area contributed by atoms with Crippen molar-refractivity contribution >= 4 is 23.2 Å². The number of nitrogens with one attached hydrogen (secondary N) is 1. The van der Waals surface area contributed by atoms with Crippen molar-refractivity contribution in [3.8, 4) is 11.5 Å². The summed E-state index contributed by atoms with van der Waals surface area (Å²) in [5.74, 6) is 0.586. The third-order valence-electron chi connectivity index (χ3n) is 3.34. The lowest BCUT2D eigenvalue weighted by Crippen LogP contribution is -2.13. The topological polar surface area (TPSA) is 47.6 Å². The summed E-state index contributed by atoms with van der Waals surface area (Å²) >= 11 is 6.13. The highest BCUT2D eigenvalue weighted by Gasteiger charge is 2.16. The van der Waals surface area contributed by atoms with Gasteiger partial charge in [0.2, 0.25) is 0 Å². The number of rotatable bonds is 5. The zero-order valence-electron chi connectivity index (χ0n) is 12.8. The second-order valence-corrected chi connectivity index (χ2v) is 5.07. The van der Waals surface area contributed by atoms with Crippen LogP contribution in [0.5, 0.6) is 11.5 Å². The molecule has 4 nitrogen and oxygen atoms in total. The van der Waals surface area contributed by atoms with E-state index < -0.39 is 0 Å². The number of ether oxygens (including phenoxy) is 2. The lowest BCUT2D eigenvalue weighted by atomic mass is 10.1. The summed E-state index contributed by atoms with van der Waals surface area (Å²) in [7, 11) is 3.00. The number of halogens is 1. The molecule has 0 aliphatic heterocycles. The molecule has 0 fully saturated rings. The van der Waals surface area contributed by atoms with Crippen LogP contribution in [0.4, 0.5) is 5.69 Å². The van der Waals surface area contributed by atoms with Gasteiger partial charge in [0.1, 0.15) is 0 Å². The van der Waals surface area contributed by atoms with Crippen LogP contribution in [-0.2, 0) is 6.42 Å². The summed E-state index contributed by atoms with van der Waals surface area (Å²) in [6.45, 7) is 2.04. The normalized spacial score (nSPS) is 10.2. The van der Waals surface area contributed by atoms with E-state index >= 15 is 0 Å². The van der Waals surface area contributed by atoms with Gasteiger partial charge in [0.05, 0.1) is 19.2 Å². The van der Waals surface area contributed by atoms with E-state index in [4.69, 9.17) is 21.1 Å². The van der Waals surface area contributed by atoms with Gasteiger partial charge in [-0.25, -0.2) is 0 Å². The Morgan fingerprint density at radius 1 is 1.18 bits per heavy atom. The number of aryl methyl sites for hydroxylation is 1. The molecule has 2 aromatic rings. The van der Waals surface area contributed by atoms with Crippen molar-refractivity contribution in [2.75, 3.05) is 19.5 Å². The minimum Gasteiger partial charge on any atom is -0.493 e. The first kappa shape index (κ1) is 16.2. The minimum absolute atomic E-state index is 0.247. The van der Waals surface area contributed by atoms with Gasteiger partial charge in [0, 0.05) is 11.3 Å². The molecule has 0 aromatic heterocycles. The van der Waals surface area contributed by atoms with Crippen LogP contribution in [0.25, 0.3) is 0 Å². The molecule has 22 heavy (non-hydrogen) atoms. The number of benzene rings is 2. The van der Waals surface area contributed by atoms with Crippen molar-refractivity contribution in [3.05, 3.63) is 52.5 Å². The second-order valence-electron chi connectivity index (χ2n) is 4.66. The molecule has 0 radical (unpaired) electrons. The maximum atomic E-state index is 12.4. The van der Waals surface area contributed by atoms with Gasteiger partial charge in [-0.1, -0.05) is 36.7 Å². The van der Waals surface area contributed by atoms with Crippen LogP contribution >= 0.6 is 11.6 Å². The molecule has 2 aromatic carbocycles. The molecule has 0 unspecified atom stereocenters. The first-order valence-corrected chi connectivity index (χ1v) is 7.29. The SMILES string of the molecule is CCc1ccccc1NC(=O)c1cc(Cl)c(OC)c(OC)c1. The Kier molecular flexibility index (Phi) is 5.28. The molecule has 0 bridgehead atoms. The highest BCUT2D eigenvalue weighted by atomic mass is 35.5. The largest absolute Gasteiger partial charge is 0.493 e. The third kappa shape index (κ3) is 3.34. The highest BCUT2D eigenvalue weighted by Crippen LogP contribution is 2.36. The average molecular weight is 320 g/mol. The Morgan fingerprint density at radius 3 is 2.55 bits per heavy atom. The minimum atomic E-state index is -0.247. The molecule has 0 saturated carbocycles. The van der Waals surface area contributed by atoms with E-state index in [0.717, 1.165) is 17.7 Å². The lowest BCUT2D eigenvalue weighted by molar-refractivity contribution is 0.102. The Balaban J connectivity index is 2.32. The fourth-order valence-electron chi connectivity index (χ4n) is 2.19. The number of methoxy groups -OCH3 is 2. The molecule has 116 valence electrons. The van der Waals surface area contributed by atoms with Crippen molar-refractivity contribution < 1.29 is 14.3 Å². The number of carbonyl (C=O) groups is 1. The summed E-state index contributed by atoms with van der Waals surface area (Å²) in [5.41, 5.74) is 2.27. The Morgan fingerprint density at radius 2 is 1.91 bits per heavy atom. The quantitative estimate of drug-likeness (QED) is 0.899. The Hall–Kier alpha value is -2.20. The van der Waals surface area contributed by atoms with Crippen LogP contribution in [0.2, 0.25) is 5.02 Å². The van der Waals surface area contributed by atoms with Crippen molar-refractivity contribution in [2.24, 2.45) is 0 Å². The monoisotopic (exact) mass is 319 g/mol. The average Bonchev–Trinajstić information content (AvgIpc) is 2.54. The smallest absolute Gasteiger partial charge is 0.255 e. The van der Waals surface area contributed by atoms with Gasteiger partial charge in [0.25, 0.3) is 5.91 Å². The van der Waals surface area contributed by atoms with Gasteiger partial charge in [0.15, 0.2) is 11.5 Å². The van der Waals surface area contributed by atoms with E-state index in [1.165, 1.54) is 14.2 Å². The van der Waals surface area contributed by atoms with Gasteiger partial charge >= 0.3 is 0 Å². The molecule has 1 amide bonds. The van der Waals surface area contributed by atoms with Crippen molar-refractivity contribution in [3.63, 3.8) is 0 Å². The van der Waals surface area contributed by atoms with Crippen molar-refractivity contribution in [1.82, 2.24) is 0 Å². The molecule has 0 spiro atoms. The Labute approximate surface area is 135 Å². The summed E-state index contributed by atoms with van der Waals surface area (Å²) < 4.78 is 10.4. The molecule has 0 atom stereocenters. The molecule has 1 N–H and O–H groups in total. The molecule has 2 rings (SSSR count). The molecule has 0 aliphatic rings.